The van der Waals surface area contributed by atoms with Gasteiger partial charge in [0.15, 0.2) is 11.5 Å². The molecule has 0 spiro atoms. The Hall–Kier alpha value is -3.43. The molecule has 0 aliphatic heterocycles. The number of fused-ring (bicyclic) bond motifs is 1. The number of benzene rings is 2. The number of pyridine rings is 1. The number of nitrogens with one attached hydrogen (secondary N) is 1. The van der Waals surface area contributed by atoms with Gasteiger partial charge in [0.1, 0.15) is 18.4 Å². The first-order valence-electron chi connectivity index (χ1n) is 8.61. The third kappa shape index (κ3) is 4.11. The number of nitrogens with zero attached hydrogens (tertiary/aromatic N) is 3. The summed E-state index contributed by atoms with van der Waals surface area (Å²) >= 11 is 3.38. The molecule has 0 radical (unpaired) electrons. The number of aromatic amines is 1. The lowest BCUT2D eigenvalue weighted by molar-refractivity contribution is 0.306. The number of imidazole rings is 1. The molecule has 0 amide bonds. The second kappa shape index (κ2) is 8.07. The van der Waals surface area contributed by atoms with Crippen molar-refractivity contribution in [3.8, 4) is 11.8 Å². The second-order valence-corrected chi connectivity index (χ2v) is 7.04. The zero-order valence-corrected chi connectivity index (χ0v) is 16.3. The van der Waals surface area contributed by atoms with E-state index in [-0.39, 0.29) is 0 Å². The first-order chi connectivity index (χ1) is 13.7. The SMILES string of the molecule is N#CC(=Cc1ccc(OCc2ccccc2)cc1)c1nc2ncc(Br)cc2[nH]1. The summed E-state index contributed by atoms with van der Waals surface area (Å²) in [4.78, 5) is 11.8. The lowest BCUT2D eigenvalue weighted by Crippen LogP contribution is -1.94. The summed E-state index contributed by atoms with van der Waals surface area (Å²) in [5.41, 5.74) is 3.79. The van der Waals surface area contributed by atoms with E-state index in [1.54, 1.807) is 12.3 Å². The minimum atomic E-state index is 0.437. The van der Waals surface area contributed by atoms with Crippen LogP contribution in [0.15, 0.2) is 71.3 Å². The van der Waals surface area contributed by atoms with Crippen molar-refractivity contribution in [1.29, 1.82) is 5.26 Å². The molecule has 4 rings (SSSR count). The molecular weight excluding hydrogens is 416 g/mol. The van der Waals surface area contributed by atoms with E-state index in [9.17, 15) is 5.26 Å². The Labute approximate surface area is 170 Å². The number of hydrogen-bond acceptors (Lipinski definition) is 4. The van der Waals surface area contributed by atoms with Gasteiger partial charge in [0.2, 0.25) is 0 Å². The first kappa shape index (κ1) is 18.0. The van der Waals surface area contributed by atoms with Crippen molar-refractivity contribution in [2.75, 3.05) is 0 Å². The van der Waals surface area contributed by atoms with Gasteiger partial charge in [-0.25, -0.2) is 9.97 Å². The normalized spacial score (nSPS) is 11.4. The topological polar surface area (TPSA) is 74.6 Å². The van der Waals surface area contributed by atoms with E-state index in [1.165, 1.54) is 0 Å². The van der Waals surface area contributed by atoms with Gasteiger partial charge in [-0.3, -0.25) is 0 Å². The summed E-state index contributed by atoms with van der Waals surface area (Å²) in [6.07, 6.45) is 3.46. The van der Waals surface area contributed by atoms with E-state index in [1.807, 2.05) is 60.7 Å². The number of rotatable bonds is 5. The van der Waals surface area contributed by atoms with Crippen molar-refractivity contribution < 1.29 is 4.74 Å². The smallest absolute Gasteiger partial charge is 0.178 e. The van der Waals surface area contributed by atoms with E-state index in [0.717, 1.165) is 26.9 Å². The Balaban J connectivity index is 1.52. The summed E-state index contributed by atoms with van der Waals surface area (Å²) in [7, 11) is 0. The van der Waals surface area contributed by atoms with Gasteiger partial charge in [0.25, 0.3) is 0 Å². The van der Waals surface area contributed by atoms with Crippen molar-refractivity contribution in [3.63, 3.8) is 0 Å². The fraction of sp³-hybridized carbons (Fsp3) is 0.0455. The number of ether oxygens (including phenoxy) is 1. The second-order valence-electron chi connectivity index (χ2n) is 6.12. The quantitative estimate of drug-likeness (QED) is 0.432. The zero-order valence-electron chi connectivity index (χ0n) is 14.8. The van der Waals surface area contributed by atoms with Gasteiger partial charge < -0.3 is 9.72 Å². The molecule has 28 heavy (non-hydrogen) atoms. The third-order valence-electron chi connectivity index (χ3n) is 4.12. The Morgan fingerprint density at radius 2 is 1.93 bits per heavy atom. The van der Waals surface area contributed by atoms with Gasteiger partial charge in [-0.1, -0.05) is 42.5 Å². The molecule has 4 aromatic rings. The van der Waals surface area contributed by atoms with Crippen molar-refractivity contribution >= 4 is 38.7 Å². The van der Waals surface area contributed by atoms with Crippen molar-refractivity contribution in [1.82, 2.24) is 15.0 Å². The zero-order chi connectivity index (χ0) is 19.3. The van der Waals surface area contributed by atoms with Crippen molar-refractivity contribution in [2.24, 2.45) is 0 Å². The van der Waals surface area contributed by atoms with E-state index in [0.29, 0.717) is 23.7 Å². The monoisotopic (exact) mass is 430 g/mol. The largest absolute Gasteiger partial charge is 0.489 e. The molecule has 0 bridgehead atoms. The number of hydrogen-bond donors (Lipinski definition) is 1. The predicted molar refractivity (Wildman–Crippen MR) is 112 cm³/mol. The molecule has 2 heterocycles. The predicted octanol–water partition coefficient (Wildman–Crippen LogP) is 5.36. The van der Waals surface area contributed by atoms with Gasteiger partial charge in [-0.2, -0.15) is 5.26 Å². The highest BCUT2D eigenvalue weighted by Gasteiger charge is 2.09. The highest BCUT2D eigenvalue weighted by Crippen LogP contribution is 2.22. The number of nitriles is 1. The van der Waals surface area contributed by atoms with Crippen LogP contribution < -0.4 is 4.74 Å². The lowest BCUT2D eigenvalue weighted by Gasteiger charge is -2.06. The highest BCUT2D eigenvalue weighted by atomic mass is 79.9. The number of H-pyrrole nitrogens is 1. The third-order valence-corrected chi connectivity index (χ3v) is 4.55. The molecule has 0 atom stereocenters. The molecule has 0 saturated heterocycles. The molecule has 0 unspecified atom stereocenters. The van der Waals surface area contributed by atoms with Crippen molar-refractivity contribution in [2.45, 2.75) is 6.61 Å². The van der Waals surface area contributed by atoms with Gasteiger partial charge in [0, 0.05) is 10.7 Å². The molecule has 6 heteroatoms. The summed E-state index contributed by atoms with van der Waals surface area (Å²) < 4.78 is 6.65. The average Bonchev–Trinajstić information content (AvgIpc) is 3.15. The summed E-state index contributed by atoms with van der Waals surface area (Å²) in [5.74, 6) is 1.27. The molecule has 0 saturated carbocycles. The van der Waals surface area contributed by atoms with Crippen LogP contribution in [-0.2, 0) is 6.61 Å². The van der Waals surface area contributed by atoms with Crippen LogP contribution in [0.2, 0.25) is 0 Å². The average molecular weight is 431 g/mol. The Morgan fingerprint density at radius 3 is 2.68 bits per heavy atom. The highest BCUT2D eigenvalue weighted by molar-refractivity contribution is 9.10. The molecule has 2 aromatic heterocycles. The van der Waals surface area contributed by atoms with Crippen LogP contribution in [0.1, 0.15) is 17.0 Å². The standard InChI is InChI=1S/C22H15BrN4O/c23-18-11-20-22(25-13-18)27-21(26-20)17(12-24)10-15-6-8-19(9-7-15)28-14-16-4-2-1-3-5-16/h1-11,13H,14H2,(H,25,26,27). The molecule has 2 aromatic carbocycles. The summed E-state index contributed by atoms with van der Waals surface area (Å²) in [6.45, 7) is 0.515. The maximum absolute atomic E-state index is 9.55. The molecule has 0 aliphatic carbocycles. The Bertz CT molecular complexity index is 1170. The maximum Gasteiger partial charge on any atom is 0.178 e. The molecule has 0 aliphatic rings. The van der Waals surface area contributed by atoms with Gasteiger partial charge in [-0.15, -0.1) is 0 Å². The maximum atomic E-state index is 9.55. The van der Waals surface area contributed by atoms with Crippen LogP contribution in [0.4, 0.5) is 0 Å². The Morgan fingerprint density at radius 1 is 1.14 bits per heavy atom. The van der Waals surface area contributed by atoms with E-state index in [2.05, 4.69) is 37.0 Å². The number of halogens is 1. The van der Waals surface area contributed by atoms with Crippen LogP contribution in [-0.4, -0.2) is 15.0 Å². The Kier molecular flexibility index (Phi) is 5.18. The number of aromatic nitrogens is 3. The van der Waals surface area contributed by atoms with Crippen LogP contribution >= 0.6 is 15.9 Å². The van der Waals surface area contributed by atoms with Crippen LogP contribution in [0, 0.1) is 11.3 Å². The lowest BCUT2D eigenvalue weighted by atomic mass is 10.1. The van der Waals surface area contributed by atoms with Crippen LogP contribution in [0.5, 0.6) is 5.75 Å². The molecule has 136 valence electrons. The minimum Gasteiger partial charge on any atom is -0.489 e. The van der Waals surface area contributed by atoms with Crippen molar-refractivity contribution in [3.05, 3.63) is 88.3 Å². The first-order valence-corrected chi connectivity index (χ1v) is 9.41. The molecule has 0 fully saturated rings. The minimum absolute atomic E-state index is 0.437. The van der Waals surface area contributed by atoms with Gasteiger partial charge in [0.05, 0.1) is 11.1 Å². The fourth-order valence-electron chi connectivity index (χ4n) is 2.72. The van der Waals surface area contributed by atoms with Crippen LogP contribution in [0.25, 0.3) is 22.8 Å². The summed E-state index contributed by atoms with van der Waals surface area (Å²) in [6, 6.07) is 21.7. The summed E-state index contributed by atoms with van der Waals surface area (Å²) in [5, 5.41) is 9.55. The number of allylic oxidation sites excluding steroid dienone is 1. The van der Waals surface area contributed by atoms with Gasteiger partial charge in [-0.05, 0) is 51.3 Å². The van der Waals surface area contributed by atoms with Gasteiger partial charge >= 0.3 is 0 Å². The molecule has 5 nitrogen and oxygen atoms in total. The molecular formula is C22H15BrN4O. The van der Waals surface area contributed by atoms with Crippen LogP contribution in [0.3, 0.4) is 0 Å². The molecule has 1 N–H and O–H groups in total. The van der Waals surface area contributed by atoms with E-state index in [4.69, 9.17) is 4.74 Å². The van der Waals surface area contributed by atoms with E-state index < -0.39 is 0 Å². The fourth-order valence-corrected chi connectivity index (χ4v) is 3.05. The van der Waals surface area contributed by atoms with E-state index >= 15 is 0 Å².